The summed E-state index contributed by atoms with van der Waals surface area (Å²) < 4.78 is 0. The van der Waals surface area contributed by atoms with Crippen molar-refractivity contribution in [2.45, 2.75) is 0 Å². The van der Waals surface area contributed by atoms with Gasteiger partial charge >= 0.3 is 0 Å². The second kappa shape index (κ2) is 7.47. The summed E-state index contributed by atoms with van der Waals surface area (Å²) in [6.45, 7) is 0.423. The van der Waals surface area contributed by atoms with Gasteiger partial charge in [-0.3, -0.25) is 9.59 Å². The number of likely N-dealkylation sites (N-methyl/N-ethyl adjacent to an activating group) is 2. The third-order valence-electron chi connectivity index (χ3n) is 2.62. The molecule has 0 saturated heterocycles. The summed E-state index contributed by atoms with van der Waals surface area (Å²) in [7, 11) is 5.14. The van der Waals surface area contributed by atoms with Gasteiger partial charge in [-0.05, 0) is 18.2 Å². The number of benzene rings is 1. The minimum atomic E-state index is -0.224. The second-order valence-electron chi connectivity index (χ2n) is 4.77. The highest BCUT2D eigenvalue weighted by atomic mass is 35.5. The Balaban J connectivity index is 2.55. The zero-order chi connectivity index (χ0) is 15.3. The molecule has 0 spiro atoms. The minimum absolute atomic E-state index is 0.0314. The third-order valence-corrected chi connectivity index (χ3v) is 3.18. The number of halogens is 2. The van der Waals surface area contributed by atoms with Gasteiger partial charge in [-0.2, -0.15) is 0 Å². The molecule has 110 valence electrons. The van der Waals surface area contributed by atoms with Crippen molar-refractivity contribution in [2.24, 2.45) is 0 Å². The summed E-state index contributed by atoms with van der Waals surface area (Å²) >= 11 is 11.8. The lowest BCUT2D eigenvalue weighted by molar-refractivity contribution is -0.862. The zero-order valence-electron chi connectivity index (χ0n) is 11.7. The number of nitrogens with one attached hydrogen (secondary N) is 2. The maximum absolute atomic E-state index is 11.9. The number of anilines is 1. The number of nitrogens with zero attached hydrogens (tertiary/aromatic N) is 1. The molecule has 0 aliphatic rings. The number of hydrogen-bond acceptors (Lipinski definition) is 2. The first-order chi connectivity index (χ1) is 9.29. The van der Waals surface area contributed by atoms with E-state index in [2.05, 4.69) is 5.32 Å². The highest BCUT2D eigenvalue weighted by Crippen LogP contribution is 2.25. The number of rotatable bonds is 5. The molecular weight excluding hydrogens is 301 g/mol. The van der Waals surface area contributed by atoms with Crippen molar-refractivity contribution in [3.05, 3.63) is 28.2 Å². The largest absolute Gasteiger partial charge is 0.344 e. The van der Waals surface area contributed by atoms with Gasteiger partial charge in [-0.25, -0.2) is 0 Å². The Kier molecular flexibility index (Phi) is 6.26. The first-order valence-electron chi connectivity index (χ1n) is 6.06. The van der Waals surface area contributed by atoms with E-state index in [0.29, 0.717) is 15.7 Å². The van der Waals surface area contributed by atoms with Gasteiger partial charge in [0, 0.05) is 19.1 Å². The molecule has 1 rings (SSSR count). The standard InChI is InChI=1S/C13H17Cl2N3O2/c1-17(2)13(20)8-18(3)7-12(19)16-11-6-9(14)4-5-10(11)15/h4-6H,7-8H2,1-3H3,(H,16,19)/p+1. The molecule has 7 heteroatoms. The molecule has 0 bridgehead atoms. The fourth-order valence-electron chi connectivity index (χ4n) is 1.54. The number of quaternary nitrogens is 1. The highest BCUT2D eigenvalue weighted by molar-refractivity contribution is 6.35. The van der Waals surface area contributed by atoms with Gasteiger partial charge in [0.2, 0.25) is 0 Å². The van der Waals surface area contributed by atoms with E-state index in [4.69, 9.17) is 23.2 Å². The molecule has 0 radical (unpaired) electrons. The molecule has 1 aromatic carbocycles. The van der Waals surface area contributed by atoms with Crippen LogP contribution in [0.1, 0.15) is 0 Å². The molecule has 1 unspecified atom stereocenters. The summed E-state index contributed by atoms with van der Waals surface area (Å²) in [5.41, 5.74) is 0.468. The predicted octanol–water partition coefficient (Wildman–Crippen LogP) is 0.535. The molecule has 2 N–H and O–H groups in total. The molecule has 0 aliphatic carbocycles. The van der Waals surface area contributed by atoms with Crippen molar-refractivity contribution < 1.29 is 14.5 Å². The molecule has 2 amide bonds. The molecule has 5 nitrogen and oxygen atoms in total. The van der Waals surface area contributed by atoms with Gasteiger partial charge in [0.25, 0.3) is 11.8 Å². The van der Waals surface area contributed by atoms with Crippen LogP contribution in [0.25, 0.3) is 0 Å². The van der Waals surface area contributed by atoms with Crippen LogP contribution in [0, 0.1) is 0 Å². The van der Waals surface area contributed by atoms with Crippen LogP contribution in [-0.4, -0.2) is 50.9 Å². The van der Waals surface area contributed by atoms with Gasteiger partial charge in [0.15, 0.2) is 13.1 Å². The Hall–Kier alpha value is -1.30. The van der Waals surface area contributed by atoms with Gasteiger partial charge in [0.1, 0.15) is 0 Å². The van der Waals surface area contributed by atoms with Crippen LogP contribution in [0.2, 0.25) is 10.0 Å². The van der Waals surface area contributed by atoms with E-state index in [1.54, 1.807) is 39.3 Å². The van der Waals surface area contributed by atoms with E-state index in [1.807, 2.05) is 0 Å². The van der Waals surface area contributed by atoms with Gasteiger partial charge < -0.3 is 15.1 Å². The van der Waals surface area contributed by atoms with E-state index in [1.165, 1.54) is 4.90 Å². The molecule has 20 heavy (non-hydrogen) atoms. The van der Waals surface area contributed by atoms with Crippen LogP contribution in [-0.2, 0) is 9.59 Å². The van der Waals surface area contributed by atoms with Crippen LogP contribution in [0.4, 0.5) is 5.69 Å². The van der Waals surface area contributed by atoms with Crippen molar-refractivity contribution in [1.29, 1.82) is 0 Å². The van der Waals surface area contributed by atoms with Crippen molar-refractivity contribution in [2.75, 3.05) is 39.5 Å². The predicted molar refractivity (Wildman–Crippen MR) is 80.4 cm³/mol. The lowest BCUT2D eigenvalue weighted by Gasteiger charge is -2.16. The summed E-state index contributed by atoms with van der Waals surface area (Å²) in [5, 5.41) is 3.60. The fraction of sp³-hybridized carbons (Fsp3) is 0.385. The number of amides is 2. The molecule has 1 atom stereocenters. The smallest absolute Gasteiger partial charge is 0.279 e. The Morgan fingerprint density at radius 2 is 1.90 bits per heavy atom. The zero-order valence-corrected chi connectivity index (χ0v) is 13.2. The Morgan fingerprint density at radius 1 is 1.25 bits per heavy atom. The maximum atomic E-state index is 11.9. The van der Waals surface area contributed by atoms with Crippen LogP contribution in [0.15, 0.2) is 18.2 Å². The summed E-state index contributed by atoms with van der Waals surface area (Å²) in [5.74, 6) is -0.255. The molecule has 1 aromatic rings. The number of carbonyl (C=O) groups is 2. The lowest BCUT2D eigenvalue weighted by Crippen LogP contribution is -3.11. The molecule has 0 heterocycles. The normalized spacial score (nSPS) is 11.8. The average Bonchev–Trinajstić information content (AvgIpc) is 2.33. The molecule has 0 saturated carbocycles. The van der Waals surface area contributed by atoms with E-state index in [-0.39, 0.29) is 24.9 Å². The first kappa shape index (κ1) is 16.8. The van der Waals surface area contributed by atoms with Crippen LogP contribution >= 0.6 is 23.2 Å². The maximum Gasteiger partial charge on any atom is 0.279 e. The number of hydrogen-bond donors (Lipinski definition) is 2. The summed E-state index contributed by atoms with van der Waals surface area (Å²) in [6, 6.07) is 4.85. The Bertz CT molecular complexity index is 506. The van der Waals surface area contributed by atoms with E-state index < -0.39 is 0 Å². The average molecular weight is 319 g/mol. The topological polar surface area (TPSA) is 53.9 Å². The lowest BCUT2D eigenvalue weighted by atomic mass is 10.3. The molecular formula is C13H18Cl2N3O2+. The summed E-state index contributed by atoms with van der Waals surface area (Å²) in [4.78, 5) is 25.7. The second-order valence-corrected chi connectivity index (χ2v) is 5.61. The monoisotopic (exact) mass is 318 g/mol. The van der Waals surface area contributed by atoms with Crippen LogP contribution in [0.3, 0.4) is 0 Å². The fourth-order valence-corrected chi connectivity index (χ4v) is 1.88. The molecule has 0 aromatic heterocycles. The Labute approximate surface area is 128 Å². The Morgan fingerprint density at radius 3 is 2.50 bits per heavy atom. The quantitative estimate of drug-likeness (QED) is 0.832. The minimum Gasteiger partial charge on any atom is -0.344 e. The van der Waals surface area contributed by atoms with Crippen molar-refractivity contribution >= 4 is 40.7 Å². The van der Waals surface area contributed by atoms with Crippen LogP contribution < -0.4 is 10.2 Å². The van der Waals surface area contributed by atoms with E-state index in [0.717, 1.165) is 4.90 Å². The van der Waals surface area contributed by atoms with Gasteiger partial charge in [0.05, 0.1) is 17.8 Å². The van der Waals surface area contributed by atoms with Crippen molar-refractivity contribution in [1.82, 2.24) is 4.90 Å². The highest BCUT2D eigenvalue weighted by Gasteiger charge is 2.16. The molecule has 0 fully saturated rings. The van der Waals surface area contributed by atoms with Crippen molar-refractivity contribution in [3.63, 3.8) is 0 Å². The van der Waals surface area contributed by atoms with Crippen molar-refractivity contribution in [3.8, 4) is 0 Å². The SMILES string of the molecule is CN(C)C(=O)C[NH+](C)CC(=O)Nc1cc(Cl)ccc1Cl. The van der Waals surface area contributed by atoms with Crippen LogP contribution in [0.5, 0.6) is 0 Å². The van der Waals surface area contributed by atoms with Gasteiger partial charge in [-0.1, -0.05) is 23.2 Å². The third kappa shape index (κ3) is 5.36. The molecule has 0 aliphatic heterocycles. The van der Waals surface area contributed by atoms with E-state index in [9.17, 15) is 9.59 Å². The first-order valence-corrected chi connectivity index (χ1v) is 6.81. The summed E-state index contributed by atoms with van der Waals surface area (Å²) in [6.07, 6.45) is 0. The van der Waals surface area contributed by atoms with Gasteiger partial charge in [-0.15, -0.1) is 0 Å². The number of carbonyl (C=O) groups excluding carboxylic acids is 2. The van der Waals surface area contributed by atoms with E-state index >= 15 is 0 Å².